The summed E-state index contributed by atoms with van der Waals surface area (Å²) in [6, 6.07) is 9.31. The Morgan fingerprint density at radius 1 is 1.10 bits per heavy atom. The van der Waals surface area contributed by atoms with Crippen molar-refractivity contribution in [1.29, 1.82) is 0 Å². The fourth-order valence-corrected chi connectivity index (χ4v) is 3.74. The topological polar surface area (TPSA) is 79.7 Å². The minimum absolute atomic E-state index is 0.0642. The lowest BCUT2D eigenvalue weighted by Crippen LogP contribution is -2.38. The molecule has 0 unspecified atom stereocenters. The van der Waals surface area contributed by atoms with Gasteiger partial charge in [0.1, 0.15) is 5.82 Å². The first kappa shape index (κ1) is 19.6. The molecule has 2 aromatic rings. The number of anilines is 1. The molecule has 0 spiro atoms. The maximum atomic E-state index is 12.4. The SMILES string of the molecule is O=C(NCCCN1CCOCC1)c1ccc(CN2C(=O)CCn3nccc32)cc1. The summed E-state index contributed by atoms with van der Waals surface area (Å²) in [6.45, 7) is 6.26. The Balaban J connectivity index is 1.26. The van der Waals surface area contributed by atoms with Crippen LogP contribution in [0.1, 0.15) is 28.8 Å². The van der Waals surface area contributed by atoms with Crippen LogP contribution < -0.4 is 10.2 Å². The summed E-state index contributed by atoms with van der Waals surface area (Å²) in [5, 5.41) is 7.23. The van der Waals surface area contributed by atoms with Gasteiger partial charge in [-0.2, -0.15) is 5.10 Å². The number of carbonyl (C=O) groups excluding carboxylic acids is 2. The summed E-state index contributed by atoms with van der Waals surface area (Å²) in [5.41, 5.74) is 1.62. The van der Waals surface area contributed by atoms with Crippen molar-refractivity contribution in [3.63, 3.8) is 0 Å². The van der Waals surface area contributed by atoms with Crippen molar-refractivity contribution in [3.05, 3.63) is 47.7 Å². The molecule has 8 nitrogen and oxygen atoms in total. The van der Waals surface area contributed by atoms with Crippen molar-refractivity contribution < 1.29 is 14.3 Å². The zero-order chi connectivity index (χ0) is 20.1. The van der Waals surface area contributed by atoms with Gasteiger partial charge in [0, 0.05) is 37.7 Å². The molecule has 1 aromatic carbocycles. The van der Waals surface area contributed by atoms with E-state index >= 15 is 0 Å². The van der Waals surface area contributed by atoms with E-state index in [-0.39, 0.29) is 11.8 Å². The third-order valence-corrected chi connectivity index (χ3v) is 5.41. The number of hydrogen-bond acceptors (Lipinski definition) is 5. The summed E-state index contributed by atoms with van der Waals surface area (Å²) in [7, 11) is 0. The molecule has 0 atom stereocenters. The highest BCUT2D eigenvalue weighted by Crippen LogP contribution is 2.23. The number of ether oxygens (including phenoxy) is 1. The number of nitrogens with zero attached hydrogens (tertiary/aromatic N) is 4. The van der Waals surface area contributed by atoms with E-state index in [0.29, 0.717) is 31.6 Å². The van der Waals surface area contributed by atoms with E-state index in [2.05, 4.69) is 15.3 Å². The van der Waals surface area contributed by atoms with Crippen LogP contribution in [0.4, 0.5) is 5.82 Å². The summed E-state index contributed by atoms with van der Waals surface area (Å²) in [6.07, 6.45) is 3.10. The van der Waals surface area contributed by atoms with Gasteiger partial charge in [0.15, 0.2) is 0 Å². The lowest BCUT2D eigenvalue weighted by atomic mass is 10.1. The predicted octanol–water partition coefficient (Wildman–Crippen LogP) is 1.27. The molecule has 1 fully saturated rings. The molecule has 0 bridgehead atoms. The van der Waals surface area contributed by atoms with E-state index in [9.17, 15) is 9.59 Å². The molecule has 0 radical (unpaired) electrons. The van der Waals surface area contributed by atoms with E-state index in [0.717, 1.165) is 50.7 Å². The Hall–Kier alpha value is -2.71. The number of benzene rings is 1. The largest absolute Gasteiger partial charge is 0.379 e. The first-order chi connectivity index (χ1) is 14.2. The van der Waals surface area contributed by atoms with Gasteiger partial charge < -0.3 is 10.1 Å². The molecule has 8 heteroatoms. The summed E-state index contributed by atoms with van der Waals surface area (Å²) < 4.78 is 7.19. The maximum Gasteiger partial charge on any atom is 0.251 e. The zero-order valence-electron chi connectivity index (χ0n) is 16.5. The van der Waals surface area contributed by atoms with E-state index in [1.807, 2.05) is 35.0 Å². The molecule has 0 saturated carbocycles. The van der Waals surface area contributed by atoms with Gasteiger partial charge in [-0.1, -0.05) is 12.1 Å². The van der Waals surface area contributed by atoms with E-state index in [1.165, 1.54) is 0 Å². The zero-order valence-corrected chi connectivity index (χ0v) is 16.5. The molecule has 3 heterocycles. The Kier molecular flexibility index (Phi) is 6.21. The number of aryl methyl sites for hydroxylation is 1. The van der Waals surface area contributed by atoms with Crippen molar-refractivity contribution in [2.24, 2.45) is 0 Å². The van der Waals surface area contributed by atoms with Gasteiger partial charge >= 0.3 is 0 Å². The molecule has 1 N–H and O–H groups in total. The third-order valence-electron chi connectivity index (χ3n) is 5.41. The molecular weight excluding hydrogens is 370 g/mol. The standard InChI is InChI=1S/C21H27N5O3/c27-20-7-11-26-19(6-9-23-26)25(20)16-17-2-4-18(5-3-17)21(28)22-8-1-10-24-12-14-29-15-13-24/h2-6,9H,1,7-8,10-16H2,(H,22,28). The molecule has 4 rings (SSSR count). The number of rotatable bonds is 7. The minimum atomic E-state index is -0.0642. The molecule has 0 aliphatic carbocycles. The normalized spacial score (nSPS) is 17.2. The second kappa shape index (κ2) is 9.19. The lowest BCUT2D eigenvalue weighted by molar-refractivity contribution is -0.119. The lowest BCUT2D eigenvalue weighted by Gasteiger charge is -2.27. The van der Waals surface area contributed by atoms with Crippen LogP contribution in [0.25, 0.3) is 0 Å². The smallest absolute Gasteiger partial charge is 0.251 e. The number of amides is 2. The van der Waals surface area contributed by atoms with Crippen molar-refractivity contribution in [2.75, 3.05) is 44.3 Å². The predicted molar refractivity (Wildman–Crippen MR) is 109 cm³/mol. The van der Waals surface area contributed by atoms with Gasteiger partial charge in [-0.05, 0) is 30.7 Å². The number of morpholine rings is 1. The van der Waals surface area contributed by atoms with Crippen LogP contribution in [0.15, 0.2) is 36.5 Å². The van der Waals surface area contributed by atoms with Gasteiger partial charge in [-0.25, -0.2) is 4.68 Å². The van der Waals surface area contributed by atoms with Crippen molar-refractivity contribution in [3.8, 4) is 0 Å². The van der Waals surface area contributed by atoms with Crippen LogP contribution in [0.2, 0.25) is 0 Å². The average molecular weight is 397 g/mol. The molecule has 1 saturated heterocycles. The van der Waals surface area contributed by atoms with Gasteiger partial charge in [0.25, 0.3) is 5.91 Å². The number of nitrogens with one attached hydrogen (secondary N) is 1. The van der Waals surface area contributed by atoms with E-state index in [1.54, 1.807) is 11.1 Å². The second-order valence-electron chi connectivity index (χ2n) is 7.40. The van der Waals surface area contributed by atoms with Crippen LogP contribution in [0, 0.1) is 0 Å². The monoisotopic (exact) mass is 397 g/mol. The first-order valence-electron chi connectivity index (χ1n) is 10.2. The Morgan fingerprint density at radius 3 is 2.69 bits per heavy atom. The van der Waals surface area contributed by atoms with Crippen LogP contribution in [-0.4, -0.2) is 65.9 Å². The molecule has 154 valence electrons. The first-order valence-corrected chi connectivity index (χ1v) is 10.2. The second-order valence-corrected chi connectivity index (χ2v) is 7.40. The van der Waals surface area contributed by atoms with E-state index < -0.39 is 0 Å². The van der Waals surface area contributed by atoms with Gasteiger partial charge in [0.2, 0.25) is 5.91 Å². The van der Waals surface area contributed by atoms with Crippen molar-refractivity contribution >= 4 is 17.6 Å². The fraction of sp³-hybridized carbons (Fsp3) is 0.476. The van der Waals surface area contributed by atoms with Crippen LogP contribution in [-0.2, 0) is 22.6 Å². The van der Waals surface area contributed by atoms with Gasteiger partial charge in [-0.3, -0.25) is 19.4 Å². The average Bonchev–Trinajstić information content (AvgIpc) is 3.23. The number of aromatic nitrogens is 2. The van der Waals surface area contributed by atoms with Crippen LogP contribution in [0.5, 0.6) is 0 Å². The molecule has 2 amide bonds. The van der Waals surface area contributed by atoms with Crippen LogP contribution >= 0.6 is 0 Å². The molecular formula is C21H27N5O3. The Bertz CT molecular complexity index is 842. The van der Waals surface area contributed by atoms with Crippen LogP contribution in [0.3, 0.4) is 0 Å². The fourth-order valence-electron chi connectivity index (χ4n) is 3.74. The number of hydrogen-bond donors (Lipinski definition) is 1. The highest BCUT2D eigenvalue weighted by Gasteiger charge is 2.24. The number of carbonyl (C=O) groups is 2. The highest BCUT2D eigenvalue weighted by molar-refractivity contribution is 5.95. The Labute approximate surface area is 170 Å². The minimum Gasteiger partial charge on any atom is -0.379 e. The van der Waals surface area contributed by atoms with Crippen molar-refractivity contribution in [2.45, 2.75) is 25.9 Å². The summed E-state index contributed by atoms with van der Waals surface area (Å²) in [5.74, 6) is 0.856. The Morgan fingerprint density at radius 2 is 1.90 bits per heavy atom. The maximum absolute atomic E-state index is 12.4. The molecule has 2 aliphatic rings. The summed E-state index contributed by atoms with van der Waals surface area (Å²) >= 11 is 0. The highest BCUT2D eigenvalue weighted by atomic mass is 16.5. The summed E-state index contributed by atoms with van der Waals surface area (Å²) in [4.78, 5) is 28.8. The van der Waals surface area contributed by atoms with Gasteiger partial charge in [0.05, 0.1) is 32.5 Å². The van der Waals surface area contributed by atoms with Crippen molar-refractivity contribution in [1.82, 2.24) is 20.0 Å². The molecule has 1 aromatic heterocycles. The quantitative estimate of drug-likeness (QED) is 0.712. The molecule has 29 heavy (non-hydrogen) atoms. The third kappa shape index (κ3) is 4.83. The number of fused-ring (bicyclic) bond motifs is 1. The molecule has 2 aliphatic heterocycles. The van der Waals surface area contributed by atoms with E-state index in [4.69, 9.17) is 4.74 Å². The van der Waals surface area contributed by atoms with Gasteiger partial charge in [-0.15, -0.1) is 0 Å².